The van der Waals surface area contributed by atoms with Crippen LogP contribution >= 0.6 is 0 Å². The summed E-state index contributed by atoms with van der Waals surface area (Å²) in [5, 5.41) is 0. The van der Waals surface area contributed by atoms with Gasteiger partial charge in [-0.2, -0.15) is 0 Å². The van der Waals surface area contributed by atoms with Crippen LogP contribution in [0.25, 0.3) is 0 Å². The summed E-state index contributed by atoms with van der Waals surface area (Å²) in [7, 11) is -2.13. The molecule has 0 saturated carbocycles. The van der Waals surface area contributed by atoms with Crippen molar-refractivity contribution in [2.75, 3.05) is 20.2 Å². The number of carbonyl (C=O) groups is 1. The fourth-order valence-corrected chi connectivity index (χ4v) is 4.16. The molecule has 2 heterocycles. The zero-order chi connectivity index (χ0) is 19.6. The lowest BCUT2D eigenvalue weighted by atomic mass is 10.2. The second-order valence-corrected chi connectivity index (χ2v) is 8.84. The first-order chi connectivity index (χ1) is 12.8. The monoisotopic (exact) mass is 391 g/mol. The highest BCUT2D eigenvalue weighted by atomic mass is 32.2. The van der Waals surface area contributed by atoms with Crippen molar-refractivity contribution in [2.24, 2.45) is 5.92 Å². The summed E-state index contributed by atoms with van der Waals surface area (Å²) >= 11 is 0. The Morgan fingerprint density at radius 3 is 2.52 bits per heavy atom. The van der Waals surface area contributed by atoms with Gasteiger partial charge in [0.05, 0.1) is 7.11 Å². The molecule has 1 aliphatic heterocycles. The predicted octanol–water partition coefficient (Wildman–Crippen LogP) is 2.09. The Hall–Kier alpha value is -2.32. The first-order valence-corrected chi connectivity index (χ1v) is 10.4. The molecule has 0 radical (unpaired) electrons. The molecule has 1 N–H and O–H groups in total. The summed E-state index contributed by atoms with van der Waals surface area (Å²) in [5.41, 5.74) is 1.24. The smallest absolute Gasteiger partial charge is 0.270 e. The van der Waals surface area contributed by atoms with Crippen LogP contribution in [0.4, 0.5) is 0 Å². The molecule has 0 spiro atoms. The quantitative estimate of drug-likeness (QED) is 0.784. The third-order valence-electron chi connectivity index (χ3n) is 4.51. The lowest BCUT2D eigenvalue weighted by molar-refractivity contribution is 0.0683. The number of fused-ring (bicyclic) bond motifs is 1. The molecule has 146 valence electrons. The average Bonchev–Trinajstić information content (AvgIpc) is 3.09. The normalized spacial score (nSPS) is 14.5. The summed E-state index contributed by atoms with van der Waals surface area (Å²) in [6.07, 6.45) is 1.54. The van der Waals surface area contributed by atoms with Crippen LogP contribution in [-0.2, 0) is 23.1 Å². The summed E-state index contributed by atoms with van der Waals surface area (Å²) in [6, 6.07) is 8.63. The molecule has 0 bridgehead atoms. The summed E-state index contributed by atoms with van der Waals surface area (Å²) in [5.74, 6) is 0.961. The minimum Gasteiger partial charge on any atom is -0.497 e. The van der Waals surface area contributed by atoms with E-state index in [0.717, 1.165) is 5.56 Å². The van der Waals surface area contributed by atoms with Gasteiger partial charge in [0.25, 0.3) is 5.91 Å². The zero-order valence-corrected chi connectivity index (χ0v) is 16.6. The Bertz CT molecular complexity index is 917. The second kappa shape index (κ2) is 7.74. The van der Waals surface area contributed by atoms with Crippen molar-refractivity contribution in [1.82, 2.24) is 14.2 Å². The fourth-order valence-electron chi connectivity index (χ4n) is 3.11. The lowest BCUT2D eigenvalue weighted by Crippen LogP contribution is -2.41. The molecule has 7 nitrogen and oxygen atoms in total. The van der Waals surface area contributed by atoms with Crippen molar-refractivity contribution in [3.63, 3.8) is 0 Å². The third-order valence-corrected chi connectivity index (χ3v) is 5.88. The van der Waals surface area contributed by atoms with E-state index in [0.29, 0.717) is 37.0 Å². The van der Waals surface area contributed by atoms with Gasteiger partial charge in [0, 0.05) is 32.4 Å². The van der Waals surface area contributed by atoms with Gasteiger partial charge in [0.2, 0.25) is 10.0 Å². The van der Waals surface area contributed by atoms with Crippen molar-refractivity contribution in [1.29, 1.82) is 0 Å². The van der Waals surface area contributed by atoms with Crippen LogP contribution in [0.3, 0.4) is 0 Å². The molecule has 1 aliphatic rings. The molecule has 1 amide bonds. The largest absolute Gasteiger partial charge is 0.497 e. The van der Waals surface area contributed by atoms with E-state index in [9.17, 15) is 13.2 Å². The minimum atomic E-state index is -3.71. The number of aromatic nitrogens is 1. The number of sulfonamides is 1. The van der Waals surface area contributed by atoms with Gasteiger partial charge in [0.15, 0.2) is 0 Å². The molecule has 27 heavy (non-hydrogen) atoms. The predicted molar refractivity (Wildman–Crippen MR) is 102 cm³/mol. The first-order valence-electron chi connectivity index (χ1n) is 8.92. The Morgan fingerprint density at radius 2 is 1.89 bits per heavy atom. The number of hydrogen-bond acceptors (Lipinski definition) is 4. The Labute approximate surface area is 160 Å². The molecular weight excluding hydrogens is 366 g/mol. The molecule has 0 atom stereocenters. The van der Waals surface area contributed by atoms with Gasteiger partial charge in [-0.1, -0.05) is 26.0 Å². The minimum absolute atomic E-state index is 0.116. The van der Waals surface area contributed by atoms with Gasteiger partial charge >= 0.3 is 0 Å². The fraction of sp³-hybridized carbons (Fsp3) is 0.421. The molecule has 0 fully saturated rings. The van der Waals surface area contributed by atoms with E-state index < -0.39 is 10.0 Å². The molecule has 1 aromatic heterocycles. The SMILES string of the molecule is COc1ccc(CNS(=O)(=O)c2cc3n(c2)CCN(CC(C)C)C3=O)cc1. The number of amides is 1. The van der Waals surface area contributed by atoms with Crippen molar-refractivity contribution in [3.05, 3.63) is 47.8 Å². The highest BCUT2D eigenvalue weighted by Gasteiger charge is 2.28. The highest BCUT2D eigenvalue weighted by Crippen LogP contribution is 2.21. The van der Waals surface area contributed by atoms with E-state index in [1.807, 2.05) is 0 Å². The van der Waals surface area contributed by atoms with E-state index in [1.54, 1.807) is 40.8 Å². The maximum absolute atomic E-state index is 12.6. The molecule has 0 aliphatic carbocycles. The Kier molecular flexibility index (Phi) is 5.57. The number of rotatable bonds is 7. The maximum Gasteiger partial charge on any atom is 0.270 e. The van der Waals surface area contributed by atoms with Crippen molar-refractivity contribution in [3.8, 4) is 5.75 Å². The van der Waals surface area contributed by atoms with E-state index in [-0.39, 0.29) is 17.3 Å². The van der Waals surface area contributed by atoms with Gasteiger partial charge in [-0.3, -0.25) is 4.79 Å². The van der Waals surface area contributed by atoms with E-state index >= 15 is 0 Å². The summed E-state index contributed by atoms with van der Waals surface area (Å²) < 4.78 is 34.7. The van der Waals surface area contributed by atoms with Gasteiger partial charge < -0.3 is 14.2 Å². The van der Waals surface area contributed by atoms with Gasteiger partial charge in [-0.05, 0) is 29.7 Å². The van der Waals surface area contributed by atoms with E-state index in [4.69, 9.17) is 4.74 Å². The molecule has 0 unspecified atom stereocenters. The topological polar surface area (TPSA) is 80.6 Å². The Balaban J connectivity index is 1.73. The molecule has 2 aromatic rings. The molecule has 1 aromatic carbocycles. The number of nitrogens with zero attached hydrogens (tertiary/aromatic N) is 2. The van der Waals surface area contributed by atoms with Crippen LogP contribution in [0.1, 0.15) is 29.9 Å². The van der Waals surface area contributed by atoms with Crippen LogP contribution in [-0.4, -0.2) is 44.0 Å². The third kappa shape index (κ3) is 4.33. The molecule has 0 saturated heterocycles. The van der Waals surface area contributed by atoms with Crippen molar-refractivity contribution >= 4 is 15.9 Å². The zero-order valence-electron chi connectivity index (χ0n) is 15.8. The second-order valence-electron chi connectivity index (χ2n) is 7.07. The van der Waals surface area contributed by atoms with Crippen LogP contribution in [0.2, 0.25) is 0 Å². The summed E-state index contributed by atoms with van der Waals surface area (Å²) in [4.78, 5) is 14.5. The highest BCUT2D eigenvalue weighted by molar-refractivity contribution is 7.89. The first kappa shape index (κ1) is 19.4. The molecular formula is C19H25N3O4S. The van der Waals surface area contributed by atoms with Crippen molar-refractivity contribution < 1.29 is 17.9 Å². The van der Waals surface area contributed by atoms with Gasteiger partial charge in [0.1, 0.15) is 16.3 Å². The molecule has 3 rings (SSSR count). The van der Waals surface area contributed by atoms with Crippen LogP contribution in [0.5, 0.6) is 5.75 Å². The number of carbonyl (C=O) groups excluding carboxylic acids is 1. The Morgan fingerprint density at radius 1 is 1.19 bits per heavy atom. The van der Waals surface area contributed by atoms with Crippen LogP contribution < -0.4 is 9.46 Å². The van der Waals surface area contributed by atoms with Crippen LogP contribution in [0, 0.1) is 5.92 Å². The number of benzene rings is 1. The number of methoxy groups -OCH3 is 1. The van der Waals surface area contributed by atoms with Gasteiger partial charge in [-0.15, -0.1) is 0 Å². The standard InChI is InChI=1S/C19H25N3O4S/c1-14(2)12-22-9-8-21-13-17(10-18(21)19(22)23)27(24,25)20-11-15-4-6-16(26-3)7-5-15/h4-7,10,13-14,20H,8-9,11-12H2,1-3H3. The van der Waals surface area contributed by atoms with E-state index in [2.05, 4.69) is 18.6 Å². The van der Waals surface area contributed by atoms with E-state index in [1.165, 1.54) is 12.3 Å². The number of ether oxygens (including phenoxy) is 1. The number of hydrogen-bond donors (Lipinski definition) is 1. The average molecular weight is 391 g/mol. The summed E-state index contributed by atoms with van der Waals surface area (Å²) in [6.45, 7) is 6.14. The van der Waals surface area contributed by atoms with Gasteiger partial charge in [-0.25, -0.2) is 13.1 Å². The molecule has 8 heteroatoms. The lowest BCUT2D eigenvalue weighted by Gasteiger charge is -2.29. The number of nitrogens with one attached hydrogen (secondary N) is 1. The maximum atomic E-state index is 12.6. The van der Waals surface area contributed by atoms with Crippen molar-refractivity contribution in [2.45, 2.75) is 31.8 Å². The van der Waals surface area contributed by atoms with Crippen LogP contribution in [0.15, 0.2) is 41.4 Å².